The number of nitrogens with one attached hydrogen (secondary N) is 2. The summed E-state index contributed by atoms with van der Waals surface area (Å²) in [4.78, 5) is 10.8. The van der Waals surface area contributed by atoms with Crippen molar-refractivity contribution < 1.29 is 4.74 Å². The summed E-state index contributed by atoms with van der Waals surface area (Å²) in [6.45, 7) is 6.67. The van der Waals surface area contributed by atoms with Gasteiger partial charge in [0.05, 0.1) is 13.2 Å². The molecular formula is C12H21N5O. The molecule has 0 unspecified atom stereocenters. The highest BCUT2D eigenvalue weighted by molar-refractivity contribution is 5.22. The molecule has 2 N–H and O–H groups in total. The molecule has 0 atom stereocenters. The van der Waals surface area contributed by atoms with Gasteiger partial charge in [-0.3, -0.25) is 4.90 Å². The molecule has 0 spiro atoms. The van der Waals surface area contributed by atoms with Gasteiger partial charge >= 0.3 is 0 Å². The Morgan fingerprint density at radius 1 is 1.28 bits per heavy atom. The van der Waals surface area contributed by atoms with Crippen LogP contribution in [0.1, 0.15) is 5.56 Å². The molecule has 0 aliphatic carbocycles. The molecular weight excluding hydrogens is 230 g/mol. The highest BCUT2D eigenvalue weighted by atomic mass is 16.5. The zero-order valence-corrected chi connectivity index (χ0v) is 10.9. The molecule has 18 heavy (non-hydrogen) atoms. The molecule has 1 aromatic rings. The van der Waals surface area contributed by atoms with Crippen LogP contribution in [0.15, 0.2) is 12.4 Å². The smallest absolute Gasteiger partial charge is 0.222 e. The molecule has 0 aromatic carbocycles. The van der Waals surface area contributed by atoms with Crippen LogP contribution in [0.25, 0.3) is 0 Å². The standard InChI is InChI=1S/C12H21N5O/c1-13-12-15-9-11(10-16-12)8-14-2-3-17-4-6-18-7-5-17/h9-10,14H,2-8H2,1H3,(H,13,15,16). The summed E-state index contributed by atoms with van der Waals surface area (Å²) < 4.78 is 5.31. The molecule has 2 heterocycles. The van der Waals surface area contributed by atoms with Gasteiger partial charge in [0, 0.05) is 57.7 Å². The molecule has 0 bridgehead atoms. The van der Waals surface area contributed by atoms with Crippen molar-refractivity contribution in [1.29, 1.82) is 0 Å². The van der Waals surface area contributed by atoms with Crippen LogP contribution in [0.2, 0.25) is 0 Å². The van der Waals surface area contributed by atoms with Crippen LogP contribution < -0.4 is 10.6 Å². The normalized spacial score (nSPS) is 16.7. The molecule has 6 heteroatoms. The van der Waals surface area contributed by atoms with E-state index in [1.54, 1.807) is 0 Å². The van der Waals surface area contributed by atoms with Gasteiger partial charge < -0.3 is 15.4 Å². The minimum absolute atomic E-state index is 0.659. The summed E-state index contributed by atoms with van der Waals surface area (Å²) in [5.41, 5.74) is 1.11. The molecule has 1 aliphatic heterocycles. The summed E-state index contributed by atoms with van der Waals surface area (Å²) in [7, 11) is 1.82. The number of aromatic nitrogens is 2. The lowest BCUT2D eigenvalue weighted by Gasteiger charge is -2.26. The number of anilines is 1. The first-order valence-corrected chi connectivity index (χ1v) is 6.38. The van der Waals surface area contributed by atoms with Crippen molar-refractivity contribution in [3.8, 4) is 0 Å². The molecule has 0 saturated carbocycles. The molecule has 2 rings (SSSR count). The Balaban J connectivity index is 1.62. The number of morpholine rings is 1. The Morgan fingerprint density at radius 3 is 2.67 bits per heavy atom. The Labute approximate surface area is 108 Å². The van der Waals surface area contributed by atoms with Crippen molar-refractivity contribution in [2.75, 3.05) is 51.8 Å². The van der Waals surface area contributed by atoms with Crippen molar-refractivity contribution in [3.63, 3.8) is 0 Å². The van der Waals surface area contributed by atoms with Crippen molar-refractivity contribution in [2.45, 2.75) is 6.54 Å². The number of hydrogen-bond acceptors (Lipinski definition) is 6. The van der Waals surface area contributed by atoms with E-state index in [2.05, 4.69) is 25.5 Å². The second kappa shape index (κ2) is 7.25. The van der Waals surface area contributed by atoms with Gasteiger partial charge in [-0.05, 0) is 0 Å². The van der Waals surface area contributed by atoms with Crippen molar-refractivity contribution >= 4 is 5.95 Å². The first-order valence-electron chi connectivity index (χ1n) is 6.38. The quantitative estimate of drug-likeness (QED) is 0.691. The molecule has 100 valence electrons. The Morgan fingerprint density at radius 2 is 2.00 bits per heavy atom. The van der Waals surface area contributed by atoms with E-state index >= 15 is 0 Å². The third kappa shape index (κ3) is 4.21. The van der Waals surface area contributed by atoms with E-state index in [1.807, 2.05) is 19.4 Å². The van der Waals surface area contributed by atoms with Crippen LogP contribution in [0.3, 0.4) is 0 Å². The van der Waals surface area contributed by atoms with Crippen LogP contribution >= 0.6 is 0 Å². The van der Waals surface area contributed by atoms with Gasteiger partial charge in [0.1, 0.15) is 0 Å². The molecule has 1 aliphatic rings. The molecule has 1 fully saturated rings. The first kappa shape index (κ1) is 13.2. The Kier molecular flexibility index (Phi) is 5.32. The predicted octanol–water partition coefficient (Wildman–Crippen LogP) is -0.0599. The lowest BCUT2D eigenvalue weighted by Crippen LogP contribution is -2.40. The number of nitrogens with zero attached hydrogens (tertiary/aromatic N) is 3. The minimum Gasteiger partial charge on any atom is -0.379 e. The van der Waals surface area contributed by atoms with Gasteiger partial charge in [-0.15, -0.1) is 0 Å². The van der Waals surface area contributed by atoms with E-state index in [4.69, 9.17) is 4.74 Å². The maximum atomic E-state index is 5.31. The van der Waals surface area contributed by atoms with Crippen LogP contribution in [0.4, 0.5) is 5.95 Å². The monoisotopic (exact) mass is 251 g/mol. The van der Waals surface area contributed by atoms with E-state index in [1.165, 1.54) is 0 Å². The topological polar surface area (TPSA) is 62.3 Å². The number of rotatable bonds is 6. The van der Waals surface area contributed by atoms with E-state index in [0.717, 1.165) is 51.5 Å². The summed E-state index contributed by atoms with van der Waals surface area (Å²) in [6, 6.07) is 0. The van der Waals surface area contributed by atoms with Crippen molar-refractivity contribution in [3.05, 3.63) is 18.0 Å². The van der Waals surface area contributed by atoms with E-state index in [-0.39, 0.29) is 0 Å². The molecule has 6 nitrogen and oxygen atoms in total. The summed E-state index contributed by atoms with van der Waals surface area (Å²) in [5.74, 6) is 0.659. The maximum absolute atomic E-state index is 5.31. The van der Waals surface area contributed by atoms with Gasteiger partial charge in [-0.25, -0.2) is 9.97 Å². The molecule has 0 radical (unpaired) electrons. The second-order valence-corrected chi connectivity index (χ2v) is 4.30. The largest absolute Gasteiger partial charge is 0.379 e. The molecule has 0 amide bonds. The van der Waals surface area contributed by atoms with Crippen LogP contribution in [-0.2, 0) is 11.3 Å². The summed E-state index contributed by atoms with van der Waals surface area (Å²) >= 11 is 0. The third-order valence-electron chi connectivity index (χ3n) is 2.97. The molecule has 1 saturated heterocycles. The summed E-state index contributed by atoms with van der Waals surface area (Å²) in [5, 5.41) is 6.31. The highest BCUT2D eigenvalue weighted by Gasteiger charge is 2.08. The van der Waals surface area contributed by atoms with Crippen LogP contribution in [0.5, 0.6) is 0 Å². The highest BCUT2D eigenvalue weighted by Crippen LogP contribution is 1.99. The number of ether oxygens (including phenoxy) is 1. The fraction of sp³-hybridized carbons (Fsp3) is 0.667. The third-order valence-corrected chi connectivity index (χ3v) is 2.97. The zero-order chi connectivity index (χ0) is 12.6. The molecule has 1 aromatic heterocycles. The minimum atomic E-state index is 0.659. The Hall–Kier alpha value is -1.24. The van der Waals surface area contributed by atoms with Gasteiger partial charge in [0.2, 0.25) is 5.95 Å². The summed E-state index contributed by atoms with van der Waals surface area (Å²) in [6.07, 6.45) is 3.70. The zero-order valence-electron chi connectivity index (χ0n) is 10.9. The van der Waals surface area contributed by atoms with Gasteiger partial charge in [0.25, 0.3) is 0 Å². The van der Waals surface area contributed by atoms with Gasteiger partial charge in [-0.2, -0.15) is 0 Å². The first-order chi connectivity index (χ1) is 8.88. The van der Waals surface area contributed by atoms with E-state index < -0.39 is 0 Å². The fourth-order valence-corrected chi connectivity index (χ4v) is 1.87. The van der Waals surface area contributed by atoms with E-state index in [0.29, 0.717) is 5.95 Å². The van der Waals surface area contributed by atoms with Gasteiger partial charge in [-0.1, -0.05) is 0 Å². The van der Waals surface area contributed by atoms with Gasteiger partial charge in [0.15, 0.2) is 0 Å². The maximum Gasteiger partial charge on any atom is 0.222 e. The van der Waals surface area contributed by atoms with Crippen molar-refractivity contribution in [1.82, 2.24) is 20.2 Å². The lowest BCUT2D eigenvalue weighted by molar-refractivity contribution is 0.0384. The van der Waals surface area contributed by atoms with Crippen LogP contribution in [0, 0.1) is 0 Å². The van der Waals surface area contributed by atoms with Crippen LogP contribution in [-0.4, -0.2) is 61.3 Å². The average Bonchev–Trinajstić information content (AvgIpc) is 2.45. The van der Waals surface area contributed by atoms with E-state index in [9.17, 15) is 0 Å². The lowest BCUT2D eigenvalue weighted by atomic mass is 10.3. The van der Waals surface area contributed by atoms with Crippen molar-refractivity contribution in [2.24, 2.45) is 0 Å². The SMILES string of the molecule is CNc1ncc(CNCCN2CCOCC2)cn1. The average molecular weight is 251 g/mol. The second-order valence-electron chi connectivity index (χ2n) is 4.30. The number of hydrogen-bond donors (Lipinski definition) is 2. The Bertz CT molecular complexity index is 337. The predicted molar refractivity (Wildman–Crippen MR) is 70.5 cm³/mol. The fourth-order valence-electron chi connectivity index (χ4n) is 1.87.